The summed E-state index contributed by atoms with van der Waals surface area (Å²) in [6, 6.07) is 14.5. The fourth-order valence-electron chi connectivity index (χ4n) is 5.92. The van der Waals surface area contributed by atoms with Crippen LogP contribution in [-0.2, 0) is 4.74 Å². The van der Waals surface area contributed by atoms with E-state index in [9.17, 15) is 10.5 Å². The molecule has 1 aromatic rings. The van der Waals surface area contributed by atoms with Crippen molar-refractivity contribution in [1.29, 1.82) is 10.5 Å². The smallest absolute Gasteiger partial charge is 0.258 e. The lowest BCUT2D eigenvalue weighted by Gasteiger charge is -2.58. The zero-order valence-corrected chi connectivity index (χ0v) is 14.3. The van der Waals surface area contributed by atoms with Crippen LogP contribution in [0.15, 0.2) is 30.3 Å². The van der Waals surface area contributed by atoms with Crippen LogP contribution in [0.2, 0.25) is 0 Å². The van der Waals surface area contributed by atoms with Crippen molar-refractivity contribution in [3.05, 3.63) is 35.9 Å². The Labute approximate surface area is 147 Å². The van der Waals surface area contributed by atoms with E-state index < -0.39 is 5.60 Å². The first-order valence-electron chi connectivity index (χ1n) is 8.94. The lowest BCUT2D eigenvalue weighted by Crippen LogP contribution is -2.56. The summed E-state index contributed by atoms with van der Waals surface area (Å²) in [5.41, 5.74) is -0.322. The number of nitriles is 2. The molecular formula is C20H20N2OS. The molecule has 4 aliphatic carbocycles. The Morgan fingerprint density at radius 3 is 2.04 bits per heavy atom. The van der Waals surface area contributed by atoms with E-state index >= 15 is 0 Å². The first kappa shape index (κ1) is 14.8. The Kier molecular flexibility index (Phi) is 3.09. The molecule has 24 heavy (non-hydrogen) atoms. The van der Waals surface area contributed by atoms with Crippen molar-refractivity contribution in [3.8, 4) is 12.1 Å². The molecule has 4 saturated carbocycles. The second-order valence-electron chi connectivity index (χ2n) is 8.00. The highest BCUT2D eigenvalue weighted by molar-refractivity contribution is 8.01. The molecule has 1 spiro atoms. The van der Waals surface area contributed by atoms with Crippen LogP contribution in [0.25, 0.3) is 0 Å². The van der Waals surface area contributed by atoms with E-state index in [1.807, 2.05) is 30.3 Å². The van der Waals surface area contributed by atoms with Crippen molar-refractivity contribution in [2.24, 2.45) is 23.7 Å². The van der Waals surface area contributed by atoms with Gasteiger partial charge in [0.15, 0.2) is 0 Å². The summed E-state index contributed by atoms with van der Waals surface area (Å²) in [6.07, 6.45) is 6.25. The molecule has 0 amide bonds. The minimum Gasteiger partial charge on any atom is -0.329 e. The fraction of sp³-hybridized carbons (Fsp3) is 0.600. The topological polar surface area (TPSA) is 56.8 Å². The van der Waals surface area contributed by atoms with E-state index in [4.69, 9.17) is 4.74 Å². The number of rotatable bonds is 1. The molecule has 122 valence electrons. The number of hydrogen-bond donors (Lipinski definition) is 0. The number of thioether (sulfide) groups is 1. The van der Waals surface area contributed by atoms with Crippen molar-refractivity contribution in [2.75, 3.05) is 0 Å². The van der Waals surface area contributed by atoms with Crippen LogP contribution in [0.3, 0.4) is 0 Å². The van der Waals surface area contributed by atoms with Crippen molar-refractivity contribution in [3.63, 3.8) is 0 Å². The average Bonchev–Trinajstić information content (AvgIpc) is 2.97. The average molecular weight is 336 g/mol. The fourth-order valence-corrected chi connectivity index (χ4v) is 7.85. The first-order valence-corrected chi connectivity index (χ1v) is 9.82. The Hall–Kier alpha value is -1.49. The molecule has 0 radical (unpaired) electrons. The Morgan fingerprint density at radius 2 is 1.50 bits per heavy atom. The molecule has 0 aromatic heterocycles. The lowest BCUT2D eigenvalue weighted by atomic mass is 9.54. The molecule has 1 atom stereocenters. The molecule has 1 saturated heterocycles. The van der Waals surface area contributed by atoms with E-state index in [2.05, 4.69) is 12.1 Å². The van der Waals surface area contributed by atoms with Gasteiger partial charge in [-0.15, -0.1) is 11.8 Å². The van der Waals surface area contributed by atoms with Crippen molar-refractivity contribution in [1.82, 2.24) is 0 Å². The molecule has 1 heterocycles. The van der Waals surface area contributed by atoms with Gasteiger partial charge in [-0.25, -0.2) is 0 Å². The standard InChI is InChI=1S/C20H20N2OS/c21-11-19(12-22)18(15-4-2-1-3-5-15)24-20(23-19)16-7-13-6-14(9-16)10-17(20)8-13/h1-5,13-14,16-18H,6-10H2/t13?,14?,16?,17?,18-,20?/m0/s1. The first-order chi connectivity index (χ1) is 11.7. The summed E-state index contributed by atoms with van der Waals surface area (Å²) in [5, 5.41) is 19.5. The molecule has 4 bridgehead atoms. The third-order valence-corrected chi connectivity index (χ3v) is 8.66. The maximum Gasteiger partial charge on any atom is 0.258 e. The largest absolute Gasteiger partial charge is 0.329 e. The van der Waals surface area contributed by atoms with E-state index in [0.717, 1.165) is 17.4 Å². The van der Waals surface area contributed by atoms with E-state index in [0.29, 0.717) is 11.8 Å². The summed E-state index contributed by atoms with van der Waals surface area (Å²) < 4.78 is 6.52. The Bertz CT molecular complexity index is 705. The molecule has 5 fully saturated rings. The monoisotopic (exact) mass is 336 g/mol. The van der Waals surface area contributed by atoms with Gasteiger partial charge in [0.05, 0.1) is 5.25 Å². The molecule has 5 aliphatic rings. The van der Waals surface area contributed by atoms with Crippen LogP contribution >= 0.6 is 11.8 Å². The van der Waals surface area contributed by atoms with E-state index in [1.165, 1.54) is 32.1 Å². The van der Waals surface area contributed by atoms with Crippen LogP contribution in [0.1, 0.15) is 42.9 Å². The van der Waals surface area contributed by atoms with Crippen LogP contribution in [0, 0.1) is 46.3 Å². The van der Waals surface area contributed by atoms with E-state index in [1.54, 1.807) is 11.8 Å². The summed E-state index contributed by atoms with van der Waals surface area (Å²) in [5.74, 6) is 2.70. The summed E-state index contributed by atoms with van der Waals surface area (Å²) >= 11 is 1.79. The van der Waals surface area contributed by atoms with Crippen molar-refractivity contribution >= 4 is 11.8 Å². The summed E-state index contributed by atoms with van der Waals surface area (Å²) in [7, 11) is 0. The maximum atomic E-state index is 9.88. The van der Waals surface area contributed by atoms with Crippen LogP contribution in [0.4, 0.5) is 0 Å². The van der Waals surface area contributed by atoms with Gasteiger partial charge >= 0.3 is 0 Å². The van der Waals surface area contributed by atoms with E-state index in [-0.39, 0.29) is 10.2 Å². The predicted octanol–water partition coefficient (Wildman–Crippen LogP) is 4.43. The van der Waals surface area contributed by atoms with Gasteiger partial charge in [-0.05, 0) is 61.3 Å². The van der Waals surface area contributed by atoms with Gasteiger partial charge in [0.2, 0.25) is 0 Å². The van der Waals surface area contributed by atoms with Gasteiger partial charge in [-0.2, -0.15) is 10.5 Å². The number of nitrogens with zero attached hydrogens (tertiary/aromatic N) is 2. The lowest BCUT2D eigenvalue weighted by molar-refractivity contribution is -0.167. The second kappa shape index (κ2) is 5.01. The highest BCUT2D eigenvalue weighted by Crippen LogP contribution is 2.70. The maximum absolute atomic E-state index is 9.88. The van der Waals surface area contributed by atoms with Crippen LogP contribution in [-0.4, -0.2) is 10.5 Å². The Balaban J connectivity index is 1.59. The molecule has 1 aliphatic heterocycles. The Morgan fingerprint density at radius 1 is 0.917 bits per heavy atom. The summed E-state index contributed by atoms with van der Waals surface area (Å²) in [4.78, 5) is -0.320. The highest BCUT2D eigenvalue weighted by atomic mass is 32.2. The normalized spacial score (nSPS) is 44.3. The molecule has 6 rings (SSSR count). The molecular weight excluding hydrogens is 316 g/mol. The zero-order chi connectivity index (χ0) is 16.4. The van der Waals surface area contributed by atoms with Gasteiger partial charge < -0.3 is 4.74 Å². The molecule has 3 nitrogen and oxygen atoms in total. The van der Waals surface area contributed by atoms with Gasteiger partial charge in [0, 0.05) is 0 Å². The number of ether oxygens (including phenoxy) is 1. The van der Waals surface area contributed by atoms with Gasteiger partial charge in [0.25, 0.3) is 5.60 Å². The SMILES string of the molecule is N#CC1(C#N)OC2(S[C@H]1c1ccccc1)C1CC3CC(C1)CC2C3. The second-order valence-corrected chi connectivity index (χ2v) is 9.34. The van der Waals surface area contributed by atoms with Gasteiger partial charge in [-0.3, -0.25) is 0 Å². The predicted molar refractivity (Wildman–Crippen MR) is 91.6 cm³/mol. The van der Waals surface area contributed by atoms with Crippen LogP contribution in [0.5, 0.6) is 0 Å². The number of hydrogen-bond acceptors (Lipinski definition) is 4. The minimum absolute atomic E-state index is 0.216. The minimum atomic E-state index is -1.36. The number of benzene rings is 1. The van der Waals surface area contributed by atoms with Gasteiger partial charge in [0.1, 0.15) is 17.1 Å². The summed E-state index contributed by atoms with van der Waals surface area (Å²) in [6.45, 7) is 0. The quantitative estimate of drug-likeness (QED) is 0.761. The van der Waals surface area contributed by atoms with Gasteiger partial charge in [-0.1, -0.05) is 30.3 Å². The molecule has 0 N–H and O–H groups in total. The van der Waals surface area contributed by atoms with Crippen molar-refractivity contribution < 1.29 is 4.74 Å². The molecule has 0 unspecified atom stereocenters. The zero-order valence-electron chi connectivity index (χ0n) is 13.5. The third-order valence-electron chi connectivity index (χ3n) is 6.70. The molecule has 4 heteroatoms. The third kappa shape index (κ3) is 1.82. The van der Waals surface area contributed by atoms with Crippen LogP contribution < -0.4 is 0 Å². The molecule has 1 aromatic carbocycles. The highest BCUT2D eigenvalue weighted by Gasteiger charge is 2.68. The van der Waals surface area contributed by atoms with Crippen molar-refractivity contribution in [2.45, 2.75) is 47.9 Å².